The zero-order valence-corrected chi connectivity index (χ0v) is 11.7. The maximum absolute atomic E-state index is 12.1. The standard InChI is InChI=1S/C15H18N2O4/c16-13(18)8-17(9-15(20)21)14(19)7-10-4-5-11-2-1-3-12(11)6-10/h4-6H,1-3,7-9H2,(H2,16,18)(H,20,21). The van der Waals surface area contributed by atoms with Crippen LogP contribution in [0.1, 0.15) is 23.1 Å². The largest absolute Gasteiger partial charge is 0.480 e. The number of carboxylic acid groups (broad SMARTS) is 1. The van der Waals surface area contributed by atoms with Gasteiger partial charge in [0.1, 0.15) is 6.54 Å². The van der Waals surface area contributed by atoms with Gasteiger partial charge in [-0.3, -0.25) is 14.4 Å². The van der Waals surface area contributed by atoms with Gasteiger partial charge >= 0.3 is 5.97 Å². The number of benzene rings is 1. The van der Waals surface area contributed by atoms with Gasteiger partial charge in [-0.05, 0) is 36.0 Å². The van der Waals surface area contributed by atoms with Gasteiger partial charge < -0.3 is 15.7 Å². The summed E-state index contributed by atoms with van der Waals surface area (Å²) in [5.74, 6) is -2.30. The summed E-state index contributed by atoms with van der Waals surface area (Å²) in [7, 11) is 0. The molecule has 1 aromatic rings. The first-order valence-electron chi connectivity index (χ1n) is 6.84. The summed E-state index contributed by atoms with van der Waals surface area (Å²) < 4.78 is 0. The van der Waals surface area contributed by atoms with Gasteiger partial charge in [-0.15, -0.1) is 0 Å². The Morgan fingerprint density at radius 1 is 1.14 bits per heavy atom. The monoisotopic (exact) mass is 290 g/mol. The number of nitrogens with zero attached hydrogens (tertiary/aromatic N) is 1. The number of amides is 2. The van der Waals surface area contributed by atoms with Crippen molar-refractivity contribution in [2.45, 2.75) is 25.7 Å². The number of primary amides is 1. The summed E-state index contributed by atoms with van der Waals surface area (Å²) in [6.45, 7) is -0.900. The van der Waals surface area contributed by atoms with Crippen LogP contribution < -0.4 is 5.73 Å². The number of carbonyl (C=O) groups excluding carboxylic acids is 2. The molecule has 1 aliphatic rings. The molecule has 0 saturated carbocycles. The lowest BCUT2D eigenvalue weighted by Gasteiger charge is -2.19. The summed E-state index contributed by atoms with van der Waals surface area (Å²) >= 11 is 0. The average molecular weight is 290 g/mol. The molecule has 0 radical (unpaired) electrons. The molecule has 6 nitrogen and oxygen atoms in total. The maximum atomic E-state index is 12.1. The average Bonchev–Trinajstić information content (AvgIpc) is 2.84. The van der Waals surface area contributed by atoms with Gasteiger partial charge in [0.15, 0.2) is 0 Å². The van der Waals surface area contributed by atoms with Gasteiger partial charge in [0.05, 0.1) is 13.0 Å². The third kappa shape index (κ3) is 4.05. The van der Waals surface area contributed by atoms with Crippen molar-refractivity contribution in [1.82, 2.24) is 4.90 Å². The fourth-order valence-corrected chi connectivity index (χ4v) is 2.61. The van der Waals surface area contributed by atoms with Gasteiger partial charge in [-0.2, -0.15) is 0 Å². The molecule has 0 atom stereocenters. The molecular formula is C15H18N2O4. The second-order valence-corrected chi connectivity index (χ2v) is 5.24. The lowest BCUT2D eigenvalue weighted by molar-refractivity contribution is -0.145. The Hall–Kier alpha value is -2.37. The Labute approximate surface area is 122 Å². The Morgan fingerprint density at radius 2 is 1.86 bits per heavy atom. The van der Waals surface area contributed by atoms with Crippen LogP contribution in [-0.2, 0) is 33.6 Å². The van der Waals surface area contributed by atoms with Crippen LogP contribution in [-0.4, -0.2) is 40.9 Å². The molecular weight excluding hydrogens is 272 g/mol. The van der Waals surface area contributed by atoms with Gasteiger partial charge in [0.2, 0.25) is 11.8 Å². The van der Waals surface area contributed by atoms with E-state index in [4.69, 9.17) is 10.8 Å². The SMILES string of the molecule is NC(=O)CN(CC(=O)O)C(=O)Cc1ccc2c(c1)CCC2. The fraction of sp³-hybridized carbons (Fsp3) is 0.400. The minimum Gasteiger partial charge on any atom is -0.480 e. The molecule has 0 unspecified atom stereocenters. The molecule has 21 heavy (non-hydrogen) atoms. The molecule has 112 valence electrons. The van der Waals surface area contributed by atoms with Crippen LogP contribution in [0.15, 0.2) is 18.2 Å². The minimum absolute atomic E-state index is 0.0772. The Bertz CT molecular complexity index is 567. The Kier molecular flexibility index (Phi) is 4.57. The van der Waals surface area contributed by atoms with E-state index in [2.05, 4.69) is 0 Å². The number of carbonyl (C=O) groups is 3. The highest BCUT2D eigenvalue weighted by Gasteiger charge is 2.20. The van der Waals surface area contributed by atoms with Crippen molar-refractivity contribution >= 4 is 17.8 Å². The van der Waals surface area contributed by atoms with Crippen LogP contribution in [0.5, 0.6) is 0 Å². The second-order valence-electron chi connectivity index (χ2n) is 5.24. The molecule has 6 heteroatoms. The van der Waals surface area contributed by atoms with Crippen molar-refractivity contribution in [3.8, 4) is 0 Å². The quantitative estimate of drug-likeness (QED) is 0.776. The molecule has 0 fully saturated rings. The van der Waals surface area contributed by atoms with E-state index in [9.17, 15) is 14.4 Å². The molecule has 2 amide bonds. The van der Waals surface area contributed by atoms with E-state index < -0.39 is 24.3 Å². The molecule has 0 spiro atoms. The maximum Gasteiger partial charge on any atom is 0.323 e. The zero-order valence-electron chi connectivity index (χ0n) is 11.7. The lowest BCUT2D eigenvalue weighted by Crippen LogP contribution is -2.42. The number of nitrogens with two attached hydrogens (primary N) is 1. The van der Waals surface area contributed by atoms with Crippen molar-refractivity contribution in [3.05, 3.63) is 34.9 Å². The van der Waals surface area contributed by atoms with Gasteiger partial charge in [0.25, 0.3) is 0 Å². The van der Waals surface area contributed by atoms with Crippen LogP contribution in [0.2, 0.25) is 0 Å². The van der Waals surface area contributed by atoms with E-state index in [0.717, 1.165) is 29.7 Å². The van der Waals surface area contributed by atoms with Crippen molar-refractivity contribution in [3.63, 3.8) is 0 Å². The number of aryl methyl sites for hydroxylation is 2. The minimum atomic E-state index is -1.17. The lowest BCUT2D eigenvalue weighted by atomic mass is 10.0. The smallest absolute Gasteiger partial charge is 0.323 e. The molecule has 0 bridgehead atoms. The molecule has 1 aliphatic carbocycles. The van der Waals surface area contributed by atoms with Gasteiger partial charge in [-0.1, -0.05) is 18.2 Å². The third-order valence-electron chi connectivity index (χ3n) is 3.54. The normalized spacial score (nSPS) is 12.8. The van der Waals surface area contributed by atoms with Crippen molar-refractivity contribution in [2.75, 3.05) is 13.1 Å². The van der Waals surface area contributed by atoms with E-state index >= 15 is 0 Å². The van der Waals surface area contributed by atoms with Crippen LogP contribution in [0, 0.1) is 0 Å². The highest BCUT2D eigenvalue weighted by atomic mass is 16.4. The summed E-state index contributed by atoms with van der Waals surface area (Å²) in [5.41, 5.74) is 8.44. The van der Waals surface area contributed by atoms with Crippen LogP contribution in [0.4, 0.5) is 0 Å². The highest BCUT2D eigenvalue weighted by molar-refractivity contribution is 5.87. The van der Waals surface area contributed by atoms with Crippen LogP contribution in [0.25, 0.3) is 0 Å². The fourth-order valence-electron chi connectivity index (χ4n) is 2.61. The molecule has 2 rings (SSSR count). The summed E-state index contributed by atoms with van der Waals surface area (Å²) in [4.78, 5) is 34.8. The Morgan fingerprint density at radius 3 is 2.52 bits per heavy atom. The third-order valence-corrected chi connectivity index (χ3v) is 3.54. The number of fused-ring (bicyclic) bond motifs is 1. The molecule has 0 saturated heterocycles. The van der Waals surface area contributed by atoms with Gasteiger partial charge in [-0.25, -0.2) is 0 Å². The number of aliphatic carboxylic acids is 1. The first-order valence-corrected chi connectivity index (χ1v) is 6.84. The molecule has 1 aromatic carbocycles. The predicted molar refractivity (Wildman–Crippen MR) is 75.6 cm³/mol. The Balaban J connectivity index is 2.07. The molecule has 0 aromatic heterocycles. The highest BCUT2D eigenvalue weighted by Crippen LogP contribution is 2.23. The van der Waals surface area contributed by atoms with E-state index in [1.807, 2.05) is 18.2 Å². The van der Waals surface area contributed by atoms with Crippen molar-refractivity contribution in [2.24, 2.45) is 5.73 Å². The number of rotatable bonds is 6. The number of hydrogen-bond donors (Lipinski definition) is 2. The number of hydrogen-bond acceptors (Lipinski definition) is 3. The first-order chi connectivity index (χ1) is 9.95. The molecule has 0 aliphatic heterocycles. The predicted octanol–water partition coefficient (Wildman–Crippen LogP) is 0.116. The van der Waals surface area contributed by atoms with E-state index in [1.165, 1.54) is 11.1 Å². The van der Waals surface area contributed by atoms with Gasteiger partial charge in [0, 0.05) is 0 Å². The van der Waals surface area contributed by atoms with E-state index in [1.54, 1.807) is 0 Å². The summed E-state index contributed by atoms with van der Waals surface area (Å²) in [6, 6.07) is 5.88. The zero-order chi connectivity index (χ0) is 15.4. The summed E-state index contributed by atoms with van der Waals surface area (Å²) in [5, 5.41) is 8.79. The van der Waals surface area contributed by atoms with Crippen molar-refractivity contribution in [1.29, 1.82) is 0 Å². The van der Waals surface area contributed by atoms with Crippen LogP contribution in [0.3, 0.4) is 0 Å². The van der Waals surface area contributed by atoms with E-state index in [0.29, 0.717) is 0 Å². The van der Waals surface area contributed by atoms with Crippen LogP contribution >= 0.6 is 0 Å². The first kappa shape index (κ1) is 15.0. The topological polar surface area (TPSA) is 101 Å². The summed E-state index contributed by atoms with van der Waals surface area (Å²) in [6.07, 6.45) is 3.28. The van der Waals surface area contributed by atoms with E-state index in [-0.39, 0.29) is 13.0 Å². The second kappa shape index (κ2) is 6.39. The molecule has 0 heterocycles. The van der Waals surface area contributed by atoms with Crippen molar-refractivity contribution < 1.29 is 19.5 Å². The molecule has 3 N–H and O–H groups in total. The number of carboxylic acids is 1.